The van der Waals surface area contributed by atoms with Gasteiger partial charge in [-0.05, 0) is 76.1 Å². The number of imide groups is 1. The average Bonchev–Trinajstić information content (AvgIpc) is 3.77. The van der Waals surface area contributed by atoms with Crippen LogP contribution in [0.1, 0.15) is 61.1 Å². The second-order valence-electron chi connectivity index (χ2n) is 13.2. The summed E-state index contributed by atoms with van der Waals surface area (Å²) in [5, 5.41) is 4.12. The summed E-state index contributed by atoms with van der Waals surface area (Å²) in [5.74, 6) is 0.0635. The zero-order valence-electron chi connectivity index (χ0n) is 28.0. The lowest BCUT2D eigenvalue weighted by atomic mass is 9.81. The molecule has 0 aliphatic carbocycles. The first-order chi connectivity index (χ1) is 23.6. The Kier molecular flexibility index (Phi) is 9.80. The van der Waals surface area contributed by atoms with E-state index >= 15 is 4.39 Å². The van der Waals surface area contributed by atoms with Gasteiger partial charge in [-0.25, -0.2) is 14.1 Å². The lowest BCUT2D eigenvalue weighted by molar-refractivity contribution is -0.129. The Labute approximate surface area is 285 Å². The molecule has 4 aromatic carbocycles. The Bertz CT molecular complexity index is 1900. The summed E-state index contributed by atoms with van der Waals surface area (Å²) in [6, 6.07) is 29.2. The van der Waals surface area contributed by atoms with Gasteiger partial charge in [0.1, 0.15) is 36.8 Å². The number of rotatable bonds is 11. The number of halogens is 1. The minimum absolute atomic E-state index is 0.00311. The SMILES string of the molecule is COc1ccc(F)c(-c2cc(COc3ccc([C@H](CC(=O)N4C(=O)OCC4Cc4ccccc4)c4ccon4)cc3)ccc2C(C)(C)C)c1. The summed E-state index contributed by atoms with van der Waals surface area (Å²) in [6.07, 6.45) is 1.33. The standard InChI is InChI=1S/C40H39FN2O6/c1-40(2,3)35-16-10-27(21-33(35)34-22-31(46-4)15-17-36(34)41)24-47-30-13-11-28(12-14-30)32(37-18-19-49-42-37)23-38(44)43-29(25-48-39(43)45)20-26-8-6-5-7-9-26/h5-19,21-22,29,32H,20,23-25H2,1-4H3/t29?,32-/m0/s1. The van der Waals surface area contributed by atoms with Crippen molar-refractivity contribution >= 4 is 12.0 Å². The molecular formula is C40H39FN2O6. The van der Waals surface area contributed by atoms with E-state index in [0.29, 0.717) is 29.2 Å². The Morgan fingerprint density at radius 3 is 2.39 bits per heavy atom. The van der Waals surface area contributed by atoms with Crippen LogP contribution in [-0.2, 0) is 28.0 Å². The first kappa shape index (κ1) is 33.5. The number of nitrogens with zero attached hydrogens (tertiary/aromatic N) is 2. The number of ether oxygens (including phenoxy) is 3. The van der Waals surface area contributed by atoms with Gasteiger partial charge in [0.05, 0.1) is 18.8 Å². The zero-order valence-corrected chi connectivity index (χ0v) is 28.0. The quantitative estimate of drug-likeness (QED) is 0.140. The van der Waals surface area contributed by atoms with E-state index in [1.54, 1.807) is 25.3 Å². The van der Waals surface area contributed by atoms with Gasteiger partial charge in [-0.2, -0.15) is 0 Å². The van der Waals surface area contributed by atoms with Crippen molar-refractivity contribution in [1.82, 2.24) is 10.1 Å². The molecule has 5 aromatic rings. The molecule has 0 N–H and O–H groups in total. The molecule has 8 nitrogen and oxygen atoms in total. The molecule has 0 radical (unpaired) electrons. The van der Waals surface area contributed by atoms with Crippen LogP contribution in [0.3, 0.4) is 0 Å². The molecule has 0 bridgehead atoms. The lowest BCUT2D eigenvalue weighted by Gasteiger charge is -2.24. The van der Waals surface area contributed by atoms with E-state index in [0.717, 1.165) is 27.8 Å². The molecule has 1 fully saturated rings. The fourth-order valence-corrected chi connectivity index (χ4v) is 6.23. The first-order valence-electron chi connectivity index (χ1n) is 16.2. The van der Waals surface area contributed by atoms with Crippen LogP contribution in [0.2, 0.25) is 0 Å². The van der Waals surface area contributed by atoms with Crippen LogP contribution >= 0.6 is 0 Å². The maximum absolute atomic E-state index is 15.1. The van der Waals surface area contributed by atoms with Crippen LogP contribution in [0, 0.1) is 5.82 Å². The number of carbonyl (C=O) groups excluding carboxylic acids is 2. The number of hydrogen-bond donors (Lipinski definition) is 0. The van der Waals surface area contributed by atoms with Crippen LogP contribution in [0.4, 0.5) is 9.18 Å². The summed E-state index contributed by atoms with van der Waals surface area (Å²) in [4.78, 5) is 27.6. The van der Waals surface area contributed by atoms with E-state index in [4.69, 9.17) is 18.7 Å². The largest absolute Gasteiger partial charge is 0.497 e. The van der Waals surface area contributed by atoms with Gasteiger partial charge in [0, 0.05) is 24.0 Å². The number of aromatic nitrogens is 1. The molecule has 1 aliphatic rings. The number of cyclic esters (lactones) is 1. The molecule has 2 heterocycles. The molecule has 2 atom stereocenters. The molecule has 49 heavy (non-hydrogen) atoms. The summed E-state index contributed by atoms with van der Waals surface area (Å²) in [6.45, 7) is 6.70. The van der Waals surface area contributed by atoms with Gasteiger partial charge in [0.2, 0.25) is 5.91 Å². The van der Waals surface area contributed by atoms with Gasteiger partial charge in [-0.15, -0.1) is 0 Å². The van der Waals surface area contributed by atoms with E-state index < -0.39 is 18.1 Å². The minimum atomic E-state index is -0.638. The van der Waals surface area contributed by atoms with Crippen molar-refractivity contribution in [3.8, 4) is 22.6 Å². The fraction of sp³-hybridized carbons (Fsp3) is 0.275. The molecule has 1 saturated heterocycles. The molecule has 1 aromatic heterocycles. The van der Waals surface area contributed by atoms with Gasteiger partial charge in [-0.3, -0.25) is 4.79 Å². The third kappa shape index (κ3) is 7.67. The highest BCUT2D eigenvalue weighted by Gasteiger charge is 2.39. The molecular weight excluding hydrogens is 623 g/mol. The van der Waals surface area contributed by atoms with E-state index in [1.807, 2.05) is 72.8 Å². The maximum Gasteiger partial charge on any atom is 0.416 e. The van der Waals surface area contributed by atoms with Crippen LogP contribution < -0.4 is 9.47 Å². The normalized spacial score (nSPS) is 15.2. The third-order valence-corrected chi connectivity index (χ3v) is 8.78. The van der Waals surface area contributed by atoms with Gasteiger partial charge in [0.25, 0.3) is 0 Å². The van der Waals surface area contributed by atoms with Gasteiger partial charge >= 0.3 is 6.09 Å². The monoisotopic (exact) mass is 662 g/mol. The van der Waals surface area contributed by atoms with Crippen molar-refractivity contribution in [2.75, 3.05) is 13.7 Å². The smallest absolute Gasteiger partial charge is 0.416 e. The van der Waals surface area contributed by atoms with Crippen LogP contribution in [0.15, 0.2) is 108 Å². The van der Waals surface area contributed by atoms with Crippen LogP contribution in [0.5, 0.6) is 11.5 Å². The number of hydrogen-bond acceptors (Lipinski definition) is 7. The van der Waals surface area contributed by atoms with E-state index in [2.05, 4.69) is 25.9 Å². The summed E-state index contributed by atoms with van der Waals surface area (Å²) in [7, 11) is 1.56. The lowest BCUT2D eigenvalue weighted by Crippen LogP contribution is -2.40. The van der Waals surface area contributed by atoms with Gasteiger partial charge < -0.3 is 18.7 Å². The van der Waals surface area contributed by atoms with Crippen molar-refractivity contribution in [3.05, 3.63) is 137 Å². The second kappa shape index (κ2) is 14.4. The summed E-state index contributed by atoms with van der Waals surface area (Å²) >= 11 is 0. The van der Waals surface area contributed by atoms with E-state index in [-0.39, 0.29) is 36.8 Å². The number of methoxy groups -OCH3 is 1. The van der Waals surface area contributed by atoms with Crippen LogP contribution in [-0.4, -0.2) is 41.8 Å². The molecule has 252 valence electrons. The van der Waals surface area contributed by atoms with Crippen LogP contribution in [0.25, 0.3) is 11.1 Å². The number of benzene rings is 4. The average molecular weight is 663 g/mol. The Morgan fingerprint density at radius 2 is 1.69 bits per heavy atom. The molecule has 1 unspecified atom stereocenters. The van der Waals surface area contributed by atoms with E-state index in [1.165, 1.54) is 17.2 Å². The molecule has 9 heteroatoms. The van der Waals surface area contributed by atoms with Crippen molar-refractivity contribution in [2.45, 2.75) is 57.6 Å². The Morgan fingerprint density at radius 1 is 0.939 bits per heavy atom. The molecule has 1 aliphatic heterocycles. The van der Waals surface area contributed by atoms with Crippen molar-refractivity contribution in [2.24, 2.45) is 0 Å². The van der Waals surface area contributed by atoms with Gasteiger partial charge in [-0.1, -0.05) is 80.5 Å². The molecule has 6 rings (SSSR count). The highest BCUT2D eigenvalue weighted by molar-refractivity contribution is 5.94. The summed E-state index contributed by atoms with van der Waals surface area (Å²) < 4.78 is 37.1. The fourth-order valence-electron chi connectivity index (χ4n) is 6.23. The molecule has 2 amide bonds. The highest BCUT2D eigenvalue weighted by atomic mass is 19.1. The topological polar surface area (TPSA) is 91.1 Å². The highest BCUT2D eigenvalue weighted by Crippen LogP contribution is 2.37. The first-order valence-corrected chi connectivity index (χ1v) is 16.2. The van der Waals surface area contributed by atoms with Gasteiger partial charge in [0.15, 0.2) is 0 Å². The number of amides is 2. The predicted octanol–water partition coefficient (Wildman–Crippen LogP) is 8.48. The zero-order chi connectivity index (χ0) is 34.5. The number of carbonyl (C=O) groups is 2. The van der Waals surface area contributed by atoms with E-state index in [9.17, 15) is 9.59 Å². The predicted molar refractivity (Wildman–Crippen MR) is 183 cm³/mol. The van der Waals surface area contributed by atoms with Crippen molar-refractivity contribution < 1.29 is 32.7 Å². The minimum Gasteiger partial charge on any atom is -0.497 e. The Hall–Kier alpha value is -5.44. The maximum atomic E-state index is 15.1. The molecule has 0 saturated carbocycles. The molecule has 0 spiro atoms. The Balaban J connectivity index is 1.18. The second-order valence-corrected chi connectivity index (χ2v) is 13.2. The third-order valence-electron chi connectivity index (χ3n) is 8.78. The van der Waals surface area contributed by atoms with Crippen molar-refractivity contribution in [3.63, 3.8) is 0 Å². The van der Waals surface area contributed by atoms with Crippen molar-refractivity contribution in [1.29, 1.82) is 0 Å². The summed E-state index contributed by atoms with van der Waals surface area (Å²) in [5.41, 5.74) is 5.32.